The van der Waals surface area contributed by atoms with Crippen LogP contribution in [-0.4, -0.2) is 53.6 Å². The van der Waals surface area contributed by atoms with Crippen molar-refractivity contribution in [3.8, 4) is 0 Å². The van der Waals surface area contributed by atoms with Gasteiger partial charge in [-0.1, -0.05) is 55.1 Å². The van der Waals surface area contributed by atoms with Gasteiger partial charge in [0.15, 0.2) is 0 Å². The number of esters is 1. The van der Waals surface area contributed by atoms with E-state index in [0.29, 0.717) is 22.6 Å². The van der Waals surface area contributed by atoms with Gasteiger partial charge in [0.05, 0.1) is 11.1 Å². The molecule has 6 nitrogen and oxygen atoms in total. The van der Waals surface area contributed by atoms with Crippen LogP contribution in [0.1, 0.15) is 66.6 Å². The molecule has 1 saturated carbocycles. The highest BCUT2D eigenvalue weighted by Crippen LogP contribution is 2.28. The number of hydrogen-bond acceptors (Lipinski definition) is 4. The second-order valence-corrected chi connectivity index (χ2v) is 10.6. The molecule has 0 saturated heterocycles. The third-order valence-electron chi connectivity index (χ3n) is 7.35. The molecule has 1 amide bonds. The molecule has 2 atom stereocenters. The number of rotatable bonds is 9. The first-order valence-electron chi connectivity index (χ1n) is 13.2. The van der Waals surface area contributed by atoms with Crippen LogP contribution in [-0.2, 0) is 16.0 Å². The topological polar surface area (TPSA) is 74.4 Å². The maximum atomic E-state index is 13.3. The minimum absolute atomic E-state index is 0.0112. The molecule has 0 unspecified atom stereocenters. The lowest BCUT2D eigenvalue weighted by atomic mass is 9.94. The Hall–Kier alpha value is -3.04. The highest BCUT2D eigenvalue weighted by molar-refractivity contribution is 6.30. The SMILES string of the molecule is C[C@H](Cc1c[nH]c2c(C(=O)N(C)C3CCCCC3)cccc12)NC[C@@H](OC(=O)C(F)(F)F)c1cccc(Cl)c1. The van der Waals surface area contributed by atoms with Crippen molar-refractivity contribution in [1.29, 1.82) is 0 Å². The number of benzene rings is 2. The number of ether oxygens (including phenoxy) is 1. The molecule has 10 heteroatoms. The fraction of sp³-hybridized carbons (Fsp3) is 0.448. The monoisotopic (exact) mass is 563 g/mol. The number of halogens is 4. The fourth-order valence-corrected chi connectivity index (χ4v) is 5.42. The van der Waals surface area contributed by atoms with Gasteiger partial charge in [-0.05, 0) is 55.5 Å². The molecular weight excluding hydrogens is 531 g/mol. The van der Waals surface area contributed by atoms with Crippen LogP contribution in [0.5, 0.6) is 0 Å². The predicted octanol–water partition coefficient (Wildman–Crippen LogP) is 6.59. The number of amides is 1. The van der Waals surface area contributed by atoms with Crippen LogP contribution in [0.4, 0.5) is 13.2 Å². The maximum absolute atomic E-state index is 13.3. The number of aromatic amines is 1. The molecule has 1 aliphatic rings. The molecule has 0 spiro atoms. The van der Waals surface area contributed by atoms with Crippen molar-refractivity contribution in [3.63, 3.8) is 0 Å². The van der Waals surface area contributed by atoms with E-state index in [1.54, 1.807) is 18.2 Å². The third kappa shape index (κ3) is 7.13. The molecular formula is C29H33ClF3N3O3. The summed E-state index contributed by atoms with van der Waals surface area (Å²) in [6.45, 7) is 1.85. The zero-order valence-electron chi connectivity index (χ0n) is 22.0. The largest absolute Gasteiger partial charge is 0.490 e. The highest BCUT2D eigenvalue weighted by Gasteiger charge is 2.42. The van der Waals surface area contributed by atoms with Crippen LogP contribution in [0.15, 0.2) is 48.7 Å². The summed E-state index contributed by atoms with van der Waals surface area (Å²) in [5.41, 5.74) is 2.71. The molecule has 1 aliphatic carbocycles. The Labute approximate surface area is 230 Å². The predicted molar refractivity (Wildman–Crippen MR) is 145 cm³/mol. The van der Waals surface area contributed by atoms with Gasteiger partial charge in [0.25, 0.3) is 5.91 Å². The molecule has 3 aromatic rings. The summed E-state index contributed by atoms with van der Waals surface area (Å²) >= 11 is 6.01. The first-order valence-corrected chi connectivity index (χ1v) is 13.5. The fourth-order valence-electron chi connectivity index (χ4n) is 5.22. The van der Waals surface area contributed by atoms with Gasteiger partial charge in [0, 0.05) is 42.3 Å². The van der Waals surface area contributed by atoms with E-state index in [2.05, 4.69) is 10.3 Å². The number of carbonyl (C=O) groups excluding carboxylic acids is 2. The summed E-state index contributed by atoms with van der Waals surface area (Å²) in [6, 6.07) is 11.9. The van der Waals surface area contributed by atoms with E-state index in [1.807, 2.05) is 43.3 Å². The minimum Gasteiger partial charge on any atom is -0.449 e. The first kappa shape index (κ1) is 29.0. The summed E-state index contributed by atoms with van der Waals surface area (Å²) in [4.78, 5) is 30.0. The van der Waals surface area contributed by atoms with Gasteiger partial charge in [0.2, 0.25) is 0 Å². The molecule has 2 aromatic carbocycles. The van der Waals surface area contributed by atoms with Crippen molar-refractivity contribution in [1.82, 2.24) is 15.2 Å². The van der Waals surface area contributed by atoms with E-state index < -0.39 is 18.2 Å². The molecule has 0 aliphatic heterocycles. The van der Waals surface area contributed by atoms with Crippen molar-refractivity contribution in [2.45, 2.75) is 69.8 Å². The van der Waals surface area contributed by atoms with Crippen molar-refractivity contribution in [2.75, 3.05) is 13.6 Å². The number of aromatic nitrogens is 1. The Bertz CT molecular complexity index is 1300. The number of para-hydroxylation sites is 1. The van der Waals surface area contributed by atoms with Crippen LogP contribution in [0, 0.1) is 0 Å². The standard InChI is InChI=1S/C29H33ClF3N3O3/c1-18(34-17-25(39-28(38)29(31,32)33)19-8-6-9-21(30)15-19)14-20-16-35-26-23(20)12-7-13-24(26)27(37)36(2)22-10-4-3-5-11-22/h6-9,12-13,15-16,18,22,25,34-35H,3-5,10-11,14,17H2,1-2H3/t18-,25-/m1/s1. The van der Waals surface area contributed by atoms with E-state index in [4.69, 9.17) is 16.3 Å². The van der Waals surface area contributed by atoms with E-state index in [0.717, 1.165) is 42.1 Å². The van der Waals surface area contributed by atoms with Crippen molar-refractivity contribution in [2.24, 2.45) is 0 Å². The molecule has 0 bridgehead atoms. The van der Waals surface area contributed by atoms with Crippen LogP contribution in [0.25, 0.3) is 10.9 Å². The van der Waals surface area contributed by atoms with Gasteiger partial charge in [-0.25, -0.2) is 4.79 Å². The number of nitrogens with one attached hydrogen (secondary N) is 2. The van der Waals surface area contributed by atoms with Gasteiger partial charge in [-0.3, -0.25) is 4.79 Å². The number of H-pyrrole nitrogens is 1. The number of hydrogen-bond donors (Lipinski definition) is 2. The van der Waals surface area contributed by atoms with Gasteiger partial charge < -0.3 is 19.9 Å². The normalized spacial score (nSPS) is 16.2. The van der Waals surface area contributed by atoms with Gasteiger partial charge in [0.1, 0.15) is 6.10 Å². The molecule has 0 radical (unpaired) electrons. The number of carbonyl (C=O) groups is 2. The Balaban J connectivity index is 1.45. The number of fused-ring (bicyclic) bond motifs is 1. The van der Waals surface area contributed by atoms with Crippen LogP contribution >= 0.6 is 11.6 Å². The summed E-state index contributed by atoms with van der Waals surface area (Å²) in [6.07, 6.45) is 1.64. The Morgan fingerprint density at radius 3 is 2.56 bits per heavy atom. The lowest BCUT2D eigenvalue weighted by Gasteiger charge is -2.31. The van der Waals surface area contributed by atoms with E-state index in [9.17, 15) is 22.8 Å². The number of alkyl halides is 3. The molecule has 1 fully saturated rings. The molecule has 4 rings (SSSR count). The summed E-state index contributed by atoms with van der Waals surface area (Å²) < 4.78 is 43.5. The van der Waals surface area contributed by atoms with E-state index in [-0.39, 0.29) is 24.5 Å². The third-order valence-corrected chi connectivity index (χ3v) is 7.59. The van der Waals surface area contributed by atoms with Gasteiger partial charge >= 0.3 is 12.1 Å². The van der Waals surface area contributed by atoms with Gasteiger partial charge in [-0.15, -0.1) is 0 Å². The Morgan fingerprint density at radius 1 is 1.15 bits per heavy atom. The second kappa shape index (κ2) is 12.4. The molecule has 1 heterocycles. The van der Waals surface area contributed by atoms with Gasteiger partial charge in [-0.2, -0.15) is 13.2 Å². The quantitative estimate of drug-likeness (QED) is 0.288. The smallest absolute Gasteiger partial charge is 0.449 e. The zero-order valence-corrected chi connectivity index (χ0v) is 22.7. The Kier molecular flexibility index (Phi) is 9.23. The average molecular weight is 564 g/mol. The lowest BCUT2D eigenvalue weighted by Crippen LogP contribution is -2.38. The highest BCUT2D eigenvalue weighted by atomic mass is 35.5. The molecule has 210 valence electrons. The summed E-state index contributed by atoms with van der Waals surface area (Å²) in [5.74, 6) is -2.27. The molecule has 1 aromatic heterocycles. The van der Waals surface area contributed by atoms with Crippen LogP contribution in [0.3, 0.4) is 0 Å². The number of nitrogens with zero attached hydrogens (tertiary/aromatic N) is 1. The second-order valence-electron chi connectivity index (χ2n) is 10.2. The van der Waals surface area contributed by atoms with Crippen LogP contribution < -0.4 is 5.32 Å². The van der Waals surface area contributed by atoms with Crippen molar-refractivity contribution < 1.29 is 27.5 Å². The minimum atomic E-state index is -5.10. The zero-order chi connectivity index (χ0) is 28.2. The van der Waals surface area contributed by atoms with E-state index >= 15 is 0 Å². The van der Waals surface area contributed by atoms with Crippen LogP contribution in [0.2, 0.25) is 5.02 Å². The molecule has 2 N–H and O–H groups in total. The summed E-state index contributed by atoms with van der Waals surface area (Å²) in [7, 11) is 1.87. The summed E-state index contributed by atoms with van der Waals surface area (Å²) in [5, 5.41) is 4.43. The maximum Gasteiger partial charge on any atom is 0.490 e. The van der Waals surface area contributed by atoms with E-state index in [1.165, 1.54) is 12.5 Å². The van der Waals surface area contributed by atoms with Crippen molar-refractivity contribution >= 4 is 34.4 Å². The van der Waals surface area contributed by atoms with Crippen molar-refractivity contribution in [3.05, 3.63) is 70.4 Å². The lowest BCUT2D eigenvalue weighted by molar-refractivity contribution is -0.205. The molecule has 39 heavy (non-hydrogen) atoms. The average Bonchev–Trinajstić information content (AvgIpc) is 3.32. The Morgan fingerprint density at radius 2 is 1.87 bits per heavy atom. The first-order chi connectivity index (χ1) is 18.5.